The maximum Gasteiger partial charge on any atom is 0.246 e. The van der Waals surface area contributed by atoms with E-state index in [0.29, 0.717) is 58.7 Å². The topological polar surface area (TPSA) is 75.3 Å². The molecule has 0 atom stereocenters. The molecule has 46 heavy (non-hydrogen) atoms. The summed E-state index contributed by atoms with van der Waals surface area (Å²) in [5, 5.41) is 2.92. The van der Waals surface area contributed by atoms with Crippen molar-refractivity contribution in [2.75, 3.05) is 66.0 Å². The standard InChI is InChI=1S/C39H79NO6/c1-5-9-13-17-21-25-38(26-22-18-14-10-6-2)46-36-39(41)40-27-28-42-29-30-43-31-32-44-33-34-45-35-37(23-19-15-11-7-3)24-20-16-12-8-4/h37-38H,5-36H2,1-4H3,(H,40,41). The first-order chi connectivity index (χ1) is 22.7. The molecule has 0 aliphatic rings. The lowest BCUT2D eigenvalue weighted by Gasteiger charge is -2.18. The van der Waals surface area contributed by atoms with Gasteiger partial charge in [0, 0.05) is 13.2 Å². The maximum atomic E-state index is 12.3. The molecular weight excluding hydrogens is 578 g/mol. The van der Waals surface area contributed by atoms with Gasteiger partial charge in [0.25, 0.3) is 0 Å². The fraction of sp³-hybridized carbons (Fsp3) is 0.974. The van der Waals surface area contributed by atoms with E-state index in [0.717, 1.165) is 19.4 Å². The smallest absolute Gasteiger partial charge is 0.246 e. The molecule has 0 heterocycles. The zero-order chi connectivity index (χ0) is 33.6. The van der Waals surface area contributed by atoms with Crippen LogP contribution in [0.15, 0.2) is 0 Å². The molecule has 0 rings (SSSR count). The monoisotopic (exact) mass is 658 g/mol. The van der Waals surface area contributed by atoms with Crippen molar-refractivity contribution in [1.29, 1.82) is 0 Å². The van der Waals surface area contributed by atoms with Crippen molar-refractivity contribution in [2.45, 2.75) is 175 Å². The van der Waals surface area contributed by atoms with Gasteiger partial charge in [0.2, 0.25) is 5.91 Å². The molecule has 0 spiro atoms. The number of hydrogen-bond donors (Lipinski definition) is 1. The summed E-state index contributed by atoms with van der Waals surface area (Å²) < 4.78 is 28.9. The quantitative estimate of drug-likeness (QED) is 0.0664. The maximum absolute atomic E-state index is 12.3. The fourth-order valence-corrected chi connectivity index (χ4v) is 5.71. The number of amides is 1. The van der Waals surface area contributed by atoms with Crippen LogP contribution >= 0.6 is 0 Å². The molecule has 0 aliphatic carbocycles. The second-order valence-electron chi connectivity index (χ2n) is 13.2. The fourth-order valence-electron chi connectivity index (χ4n) is 5.71. The molecule has 0 saturated carbocycles. The minimum absolute atomic E-state index is 0.0580. The Labute approximate surface area is 286 Å². The van der Waals surface area contributed by atoms with Crippen molar-refractivity contribution in [1.82, 2.24) is 5.32 Å². The van der Waals surface area contributed by atoms with E-state index in [1.165, 1.54) is 128 Å². The third-order valence-electron chi connectivity index (χ3n) is 8.68. The van der Waals surface area contributed by atoms with E-state index in [1.807, 2.05) is 0 Å². The second kappa shape index (κ2) is 38.7. The first-order valence-electron chi connectivity index (χ1n) is 19.9. The van der Waals surface area contributed by atoms with E-state index in [1.54, 1.807) is 0 Å². The first-order valence-corrected chi connectivity index (χ1v) is 19.9. The summed E-state index contributed by atoms with van der Waals surface area (Å²) in [5.74, 6) is 0.633. The van der Waals surface area contributed by atoms with Crippen LogP contribution < -0.4 is 5.32 Å². The van der Waals surface area contributed by atoms with E-state index in [2.05, 4.69) is 33.0 Å². The van der Waals surface area contributed by atoms with Crippen LogP contribution in [0.5, 0.6) is 0 Å². The number of carbonyl (C=O) groups is 1. The molecule has 0 unspecified atom stereocenters. The molecule has 0 fully saturated rings. The van der Waals surface area contributed by atoms with Crippen LogP contribution in [-0.2, 0) is 28.5 Å². The summed E-state index contributed by atoms with van der Waals surface area (Å²) in [4.78, 5) is 12.3. The summed E-state index contributed by atoms with van der Waals surface area (Å²) in [6.45, 7) is 14.4. The minimum Gasteiger partial charge on any atom is -0.379 e. The van der Waals surface area contributed by atoms with Crippen molar-refractivity contribution in [3.05, 3.63) is 0 Å². The van der Waals surface area contributed by atoms with Gasteiger partial charge in [-0.25, -0.2) is 0 Å². The van der Waals surface area contributed by atoms with Gasteiger partial charge in [-0.05, 0) is 31.6 Å². The lowest BCUT2D eigenvalue weighted by Crippen LogP contribution is -2.32. The number of rotatable bonds is 39. The van der Waals surface area contributed by atoms with Gasteiger partial charge in [-0.2, -0.15) is 0 Å². The van der Waals surface area contributed by atoms with Gasteiger partial charge < -0.3 is 29.0 Å². The molecule has 1 N–H and O–H groups in total. The van der Waals surface area contributed by atoms with E-state index in [9.17, 15) is 4.79 Å². The Morgan fingerprint density at radius 2 is 0.870 bits per heavy atom. The van der Waals surface area contributed by atoms with Crippen LogP contribution in [0.4, 0.5) is 0 Å². The van der Waals surface area contributed by atoms with Crippen molar-refractivity contribution >= 4 is 5.91 Å². The van der Waals surface area contributed by atoms with Crippen molar-refractivity contribution < 1.29 is 28.5 Å². The van der Waals surface area contributed by atoms with Gasteiger partial charge in [0.15, 0.2) is 0 Å². The van der Waals surface area contributed by atoms with E-state index in [4.69, 9.17) is 23.7 Å². The molecule has 0 aliphatic heterocycles. The molecule has 7 heteroatoms. The zero-order valence-electron chi connectivity index (χ0n) is 31.2. The van der Waals surface area contributed by atoms with Crippen LogP contribution in [0.25, 0.3) is 0 Å². The Hall–Kier alpha value is -0.730. The molecular formula is C39H79NO6. The Morgan fingerprint density at radius 3 is 1.35 bits per heavy atom. The van der Waals surface area contributed by atoms with Crippen molar-refractivity contribution in [3.63, 3.8) is 0 Å². The number of carbonyl (C=O) groups excluding carboxylic acids is 1. The van der Waals surface area contributed by atoms with Crippen LogP contribution in [0.3, 0.4) is 0 Å². The lowest BCUT2D eigenvalue weighted by atomic mass is 9.95. The van der Waals surface area contributed by atoms with Gasteiger partial charge in [-0.1, -0.05) is 143 Å². The second-order valence-corrected chi connectivity index (χ2v) is 13.2. The van der Waals surface area contributed by atoms with E-state index in [-0.39, 0.29) is 18.6 Å². The van der Waals surface area contributed by atoms with Crippen molar-refractivity contribution in [3.8, 4) is 0 Å². The normalized spacial score (nSPS) is 11.7. The summed E-state index contributed by atoms with van der Waals surface area (Å²) >= 11 is 0. The summed E-state index contributed by atoms with van der Waals surface area (Å²) in [6, 6.07) is 0. The molecule has 276 valence electrons. The highest BCUT2D eigenvalue weighted by Gasteiger charge is 2.12. The van der Waals surface area contributed by atoms with Gasteiger partial charge in [-0.15, -0.1) is 0 Å². The van der Waals surface area contributed by atoms with Gasteiger partial charge in [0.05, 0.1) is 52.4 Å². The van der Waals surface area contributed by atoms with Crippen LogP contribution in [-0.4, -0.2) is 78.0 Å². The largest absolute Gasteiger partial charge is 0.379 e. The summed E-state index contributed by atoms with van der Waals surface area (Å²) in [7, 11) is 0. The van der Waals surface area contributed by atoms with Crippen molar-refractivity contribution in [2.24, 2.45) is 5.92 Å². The number of unbranched alkanes of at least 4 members (excludes halogenated alkanes) is 14. The SMILES string of the molecule is CCCCCCCC(CCCCCCC)OCC(=O)NCCOCCOCCOCCOCC(CCCCCC)CCCCCC. The van der Waals surface area contributed by atoms with Gasteiger partial charge in [-0.3, -0.25) is 4.79 Å². The Balaban J connectivity index is 3.77. The third-order valence-corrected chi connectivity index (χ3v) is 8.68. The van der Waals surface area contributed by atoms with Crippen LogP contribution in [0.1, 0.15) is 169 Å². The van der Waals surface area contributed by atoms with Gasteiger partial charge >= 0.3 is 0 Å². The molecule has 1 amide bonds. The Morgan fingerprint density at radius 1 is 0.478 bits per heavy atom. The molecule has 0 aromatic rings. The highest BCUT2D eigenvalue weighted by Crippen LogP contribution is 2.19. The molecule has 0 bridgehead atoms. The molecule has 0 aromatic heterocycles. The molecule has 7 nitrogen and oxygen atoms in total. The van der Waals surface area contributed by atoms with E-state index >= 15 is 0 Å². The average Bonchev–Trinajstić information content (AvgIpc) is 3.06. The third kappa shape index (κ3) is 34.6. The Bertz CT molecular complexity index is 567. The predicted octanol–water partition coefficient (Wildman–Crippen LogP) is 9.83. The minimum atomic E-state index is -0.0580. The average molecular weight is 658 g/mol. The number of nitrogens with one attached hydrogen (secondary N) is 1. The molecule has 0 aromatic carbocycles. The predicted molar refractivity (Wildman–Crippen MR) is 194 cm³/mol. The number of hydrogen-bond acceptors (Lipinski definition) is 6. The van der Waals surface area contributed by atoms with Crippen LogP contribution in [0.2, 0.25) is 0 Å². The Kier molecular flexibility index (Phi) is 38.1. The summed E-state index contributed by atoms with van der Waals surface area (Å²) in [6.07, 6.45) is 28.2. The highest BCUT2D eigenvalue weighted by molar-refractivity contribution is 5.77. The summed E-state index contributed by atoms with van der Waals surface area (Å²) in [5.41, 5.74) is 0. The number of ether oxygens (including phenoxy) is 5. The highest BCUT2D eigenvalue weighted by atomic mass is 16.6. The zero-order valence-corrected chi connectivity index (χ0v) is 31.2. The van der Waals surface area contributed by atoms with Gasteiger partial charge in [0.1, 0.15) is 6.61 Å². The lowest BCUT2D eigenvalue weighted by molar-refractivity contribution is -0.128. The van der Waals surface area contributed by atoms with Crippen LogP contribution in [0, 0.1) is 5.92 Å². The molecule has 0 saturated heterocycles. The first kappa shape index (κ1) is 45.3. The van der Waals surface area contributed by atoms with E-state index < -0.39 is 0 Å². The molecule has 0 radical (unpaired) electrons.